The van der Waals surface area contributed by atoms with Crippen LogP contribution in [0.25, 0.3) is 0 Å². The number of hydrogen-bond donors (Lipinski definition) is 2. The molecule has 102 valence electrons. The number of aromatic nitrogens is 2. The second kappa shape index (κ2) is 6.39. The van der Waals surface area contributed by atoms with Crippen LogP contribution in [0.1, 0.15) is 32.9 Å². The molecule has 0 unspecified atom stereocenters. The van der Waals surface area contributed by atoms with Gasteiger partial charge in [0.1, 0.15) is 5.60 Å². The number of alkyl carbamates (subject to hydrolysis) is 1. The lowest BCUT2D eigenvalue weighted by Gasteiger charge is -2.19. The Morgan fingerprint density at radius 2 is 2.28 bits per heavy atom. The van der Waals surface area contributed by atoms with Crippen LogP contribution < -0.4 is 11.1 Å². The fraction of sp³-hybridized carbons (Fsp3) is 0.667. The molecule has 18 heavy (non-hydrogen) atoms. The fourth-order valence-electron chi connectivity index (χ4n) is 1.40. The molecule has 0 saturated heterocycles. The molecule has 6 heteroatoms. The standard InChI is InChI=1S/C12H22N4O2/c1-12(2,3)18-11(17)14-5-4-6-16-8-10(7-13)15-9-16/h8-9H,4-7,13H2,1-3H3,(H,14,17). The Labute approximate surface area is 108 Å². The summed E-state index contributed by atoms with van der Waals surface area (Å²) in [7, 11) is 0. The Bertz CT molecular complexity index is 382. The van der Waals surface area contributed by atoms with E-state index in [1.54, 1.807) is 6.33 Å². The number of carbonyl (C=O) groups excluding carboxylic acids is 1. The average molecular weight is 254 g/mol. The average Bonchev–Trinajstić information content (AvgIpc) is 2.70. The molecule has 0 aliphatic carbocycles. The van der Waals surface area contributed by atoms with Crippen molar-refractivity contribution in [2.45, 2.75) is 45.9 Å². The van der Waals surface area contributed by atoms with Gasteiger partial charge in [0.05, 0.1) is 12.0 Å². The molecule has 0 aliphatic heterocycles. The second-order valence-corrected chi connectivity index (χ2v) is 5.09. The van der Waals surface area contributed by atoms with Crippen molar-refractivity contribution in [3.8, 4) is 0 Å². The zero-order valence-electron chi connectivity index (χ0n) is 11.3. The predicted octanol–water partition coefficient (Wildman–Crippen LogP) is 1.26. The Morgan fingerprint density at radius 1 is 1.56 bits per heavy atom. The molecule has 1 aromatic rings. The summed E-state index contributed by atoms with van der Waals surface area (Å²) >= 11 is 0. The molecule has 0 radical (unpaired) electrons. The van der Waals surface area contributed by atoms with E-state index >= 15 is 0 Å². The maximum Gasteiger partial charge on any atom is 0.407 e. The molecular formula is C12H22N4O2. The van der Waals surface area contributed by atoms with Gasteiger partial charge < -0.3 is 20.4 Å². The number of imidazole rings is 1. The van der Waals surface area contributed by atoms with Crippen molar-refractivity contribution < 1.29 is 9.53 Å². The Balaban J connectivity index is 2.17. The molecule has 1 rings (SSSR count). The first-order chi connectivity index (χ1) is 8.40. The van der Waals surface area contributed by atoms with Crippen LogP contribution >= 0.6 is 0 Å². The summed E-state index contributed by atoms with van der Waals surface area (Å²) in [6, 6.07) is 0. The van der Waals surface area contributed by atoms with Crippen molar-refractivity contribution in [1.82, 2.24) is 14.9 Å². The highest BCUT2D eigenvalue weighted by atomic mass is 16.6. The minimum absolute atomic E-state index is 0.379. The predicted molar refractivity (Wildman–Crippen MR) is 69.0 cm³/mol. The first-order valence-corrected chi connectivity index (χ1v) is 6.08. The second-order valence-electron chi connectivity index (χ2n) is 5.09. The van der Waals surface area contributed by atoms with E-state index in [4.69, 9.17) is 10.5 Å². The van der Waals surface area contributed by atoms with Gasteiger partial charge in [-0.2, -0.15) is 0 Å². The maximum absolute atomic E-state index is 11.4. The number of carbonyl (C=O) groups is 1. The molecule has 0 spiro atoms. The van der Waals surface area contributed by atoms with Crippen molar-refractivity contribution in [2.24, 2.45) is 5.73 Å². The number of aryl methyl sites for hydroxylation is 1. The van der Waals surface area contributed by atoms with Crippen LogP contribution in [-0.4, -0.2) is 27.8 Å². The van der Waals surface area contributed by atoms with Crippen molar-refractivity contribution in [3.05, 3.63) is 18.2 Å². The van der Waals surface area contributed by atoms with E-state index in [2.05, 4.69) is 10.3 Å². The first kappa shape index (κ1) is 14.5. The molecule has 3 N–H and O–H groups in total. The topological polar surface area (TPSA) is 82.2 Å². The van der Waals surface area contributed by atoms with Gasteiger partial charge in [0, 0.05) is 25.8 Å². The normalized spacial score (nSPS) is 11.3. The third-order valence-corrected chi connectivity index (χ3v) is 2.16. The van der Waals surface area contributed by atoms with Crippen LogP contribution in [-0.2, 0) is 17.8 Å². The van der Waals surface area contributed by atoms with Crippen LogP contribution in [0.3, 0.4) is 0 Å². The van der Waals surface area contributed by atoms with E-state index in [1.165, 1.54) is 0 Å². The molecule has 0 saturated carbocycles. The van der Waals surface area contributed by atoms with Crippen LogP contribution in [0.2, 0.25) is 0 Å². The van der Waals surface area contributed by atoms with Gasteiger partial charge in [-0.25, -0.2) is 9.78 Å². The minimum Gasteiger partial charge on any atom is -0.444 e. The van der Waals surface area contributed by atoms with Crippen molar-refractivity contribution in [1.29, 1.82) is 0 Å². The lowest BCUT2D eigenvalue weighted by molar-refractivity contribution is 0.0526. The number of nitrogens with zero attached hydrogens (tertiary/aromatic N) is 2. The van der Waals surface area contributed by atoms with Gasteiger partial charge in [0.15, 0.2) is 0 Å². The number of hydrogen-bond acceptors (Lipinski definition) is 4. The highest BCUT2D eigenvalue weighted by Crippen LogP contribution is 2.06. The fourth-order valence-corrected chi connectivity index (χ4v) is 1.40. The largest absolute Gasteiger partial charge is 0.444 e. The van der Waals surface area contributed by atoms with Crippen LogP contribution in [0, 0.1) is 0 Å². The number of nitrogens with one attached hydrogen (secondary N) is 1. The van der Waals surface area contributed by atoms with Gasteiger partial charge in [0.25, 0.3) is 0 Å². The molecule has 0 aliphatic rings. The molecule has 1 heterocycles. The Kier molecular flexibility index (Phi) is 5.15. The third-order valence-electron chi connectivity index (χ3n) is 2.16. The quantitative estimate of drug-likeness (QED) is 0.775. The molecule has 0 fully saturated rings. The molecule has 0 atom stereocenters. The summed E-state index contributed by atoms with van der Waals surface area (Å²) in [5.74, 6) is 0. The summed E-state index contributed by atoms with van der Waals surface area (Å²) in [6.07, 6.45) is 4.10. The molecule has 6 nitrogen and oxygen atoms in total. The summed E-state index contributed by atoms with van der Waals surface area (Å²) in [5.41, 5.74) is 5.88. The van der Waals surface area contributed by atoms with Gasteiger partial charge in [-0.1, -0.05) is 0 Å². The van der Waals surface area contributed by atoms with Gasteiger partial charge in [-0.05, 0) is 27.2 Å². The Morgan fingerprint density at radius 3 is 2.83 bits per heavy atom. The van der Waals surface area contributed by atoms with Gasteiger partial charge in [0.2, 0.25) is 0 Å². The van der Waals surface area contributed by atoms with E-state index in [0.29, 0.717) is 13.1 Å². The van der Waals surface area contributed by atoms with E-state index in [9.17, 15) is 4.79 Å². The molecule has 0 aromatic carbocycles. The lowest BCUT2D eigenvalue weighted by atomic mass is 10.2. The zero-order chi connectivity index (χ0) is 13.6. The van der Waals surface area contributed by atoms with Crippen molar-refractivity contribution >= 4 is 6.09 Å². The third kappa shape index (κ3) is 5.67. The number of amides is 1. The number of rotatable bonds is 5. The number of nitrogens with two attached hydrogens (primary N) is 1. The molecular weight excluding hydrogens is 232 g/mol. The monoisotopic (exact) mass is 254 g/mol. The first-order valence-electron chi connectivity index (χ1n) is 6.08. The van der Waals surface area contributed by atoms with Crippen LogP contribution in [0.5, 0.6) is 0 Å². The zero-order valence-corrected chi connectivity index (χ0v) is 11.3. The summed E-state index contributed by atoms with van der Waals surface area (Å²) in [6.45, 7) is 7.34. The summed E-state index contributed by atoms with van der Waals surface area (Å²) < 4.78 is 7.08. The van der Waals surface area contributed by atoms with Crippen molar-refractivity contribution in [2.75, 3.05) is 6.54 Å². The number of ether oxygens (including phenoxy) is 1. The SMILES string of the molecule is CC(C)(C)OC(=O)NCCCn1cnc(CN)c1. The van der Waals surface area contributed by atoms with E-state index in [1.807, 2.05) is 31.5 Å². The van der Waals surface area contributed by atoms with E-state index < -0.39 is 5.60 Å². The summed E-state index contributed by atoms with van der Waals surface area (Å²) in [4.78, 5) is 15.5. The van der Waals surface area contributed by atoms with Crippen molar-refractivity contribution in [3.63, 3.8) is 0 Å². The Hall–Kier alpha value is -1.56. The molecule has 1 amide bonds. The van der Waals surface area contributed by atoms with Gasteiger partial charge in [-0.15, -0.1) is 0 Å². The van der Waals surface area contributed by atoms with Crippen LogP contribution in [0.4, 0.5) is 4.79 Å². The highest BCUT2D eigenvalue weighted by molar-refractivity contribution is 5.67. The highest BCUT2D eigenvalue weighted by Gasteiger charge is 2.15. The van der Waals surface area contributed by atoms with Gasteiger partial charge >= 0.3 is 6.09 Å². The smallest absolute Gasteiger partial charge is 0.407 e. The van der Waals surface area contributed by atoms with Gasteiger partial charge in [-0.3, -0.25) is 0 Å². The van der Waals surface area contributed by atoms with Crippen LogP contribution in [0.15, 0.2) is 12.5 Å². The van der Waals surface area contributed by atoms with E-state index in [-0.39, 0.29) is 6.09 Å². The molecule has 1 aromatic heterocycles. The van der Waals surface area contributed by atoms with E-state index in [0.717, 1.165) is 18.7 Å². The summed E-state index contributed by atoms with van der Waals surface area (Å²) in [5, 5.41) is 2.71. The maximum atomic E-state index is 11.4. The molecule has 0 bridgehead atoms. The minimum atomic E-state index is -0.454. The lowest BCUT2D eigenvalue weighted by Crippen LogP contribution is -2.33.